The van der Waals surface area contributed by atoms with E-state index in [0.29, 0.717) is 105 Å². The molecule has 27 nitrogen and oxygen atoms in total. The molecule has 3 aliphatic rings. The van der Waals surface area contributed by atoms with Gasteiger partial charge in [-0.2, -0.15) is 15.8 Å². The molecule has 0 unspecified atom stereocenters. The number of nitrogens with zero attached hydrogens (tertiary/aromatic N) is 18. The summed E-state index contributed by atoms with van der Waals surface area (Å²) in [6.07, 6.45) is 8.71. The number of piperazine rings is 3. The fourth-order valence-electron chi connectivity index (χ4n) is 18.9. The lowest BCUT2D eigenvalue weighted by Crippen LogP contribution is -2.58. The molecule has 3 aliphatic heterocycles. The number of pyridine rings is 9. The second-order valence-electron chi connectivity index (χ2n) is 35.3. The predicted molar refractivity (Wildman–Crippen MR) is 560 cm³/mol. The Labute approximate surface area is 869 Å². The number of aryl methyl sites for hydroxylation is 3. The van der Waals surface area contributed by atoms with Crippen molar-refractivity contribution in [2.24, 2.45) is 0 Å². The molecule has 6 N–H and O–H groups in total. The van der Waals surface area contributed by atoms with Crippen LogP contribution in [-0.4, -0.2) is 152 Å². The molecule has 3 fully saturated rings. The van der Waals surface area contributed by atoms with Crippen molar-refractivity contribution >= 4 is 224 Å². The van der Waals surface area contributed by atoms with Crippen LogP contribution < -0.4 is 48.6 Å². The third-order valence-electron chi connectivity index (χ3n) is 25.0. The molecule has 3 saturated heterocycles. The van der Waals surface area contributed by atoms with Crippen LogP contribution in [0.2, 0.25) is 60.3 Å². The number of amides is 3. The average molecular weight is 2150 g/mol. The molecule has 9 aromatic heterocycles. The number of nitriles is 3. The van der Waals surface area contributed by atoms with E-state index < -0.39 is 59.2 Å². The summed E-state index contributed by atoms with van der Waals surface area (Å²) in [7, 11) is 0. The molecule has 15 rings (SSSR count). The largest absolute Gasteiger partial charge is 0.397 e. The summed E-state index contributed by atoms with van der Waals surface area (Å²) in [5, 5.41) is 29.3. The summed E-state index contributed by atoms with van der Waals surface area (Å²) in [5.41, 5.74) is 21.4. The first-order valence-corrected chi connectivity index (χ1v) is 48.4. The van der Waals surface area contributed by atoms with E-state index in [2.05, 4.69) is 52.9 Å². The highest BCUT2D eigenvalue weighted by Gasteiger charge is 2.42. The summed E-state index contributed by atoms with van der Waals surface area (Å²) in [5.74, 6) is -4.06. The van der Waals surface area contributed by atoms with Crippen LogP contribution >= 0.6 is 139 Å². The minimum Gasteiger partial charge on any atom is -0.397 e. The Morgan fingerprint density at radius 1 is 0.383 bits per heavy atom. The van der Waals surface area contributed by atoms with Crippen LogP contribution in [0.5, 0.6) is 0 Å². The van der Waals surface area contributed by atoms with E-state index in [1.165, 1.54) is 38.0 Å². The fraction of sp³-hybridized carbons (Fsp3) is 0.303. The fourth-order valence-corrected chi connectivity index (χ4v) is 21.6. The first-order chi connectivity index (χ1) is 66.5. The van der Waals surface area contributed by atoms with Crippen LogP contribution in [0.25, 0.3) is 83.9 Å². The normalized spacial score (nSPS) is 16.6. The van der Waals surface area contributed by atoms with Gasteiger partial charge in [0.25, 0.3) is 16.7 Å². The molecular formula is C99H90Cl12F3N21O6. The van der Waals surface area contributed by atoms with Gasteiger partial charge in [-0.3, -0.25) is 57.4 Å². The highest BCUT2D eigenvalue weighted by Crippen LogP contribution is 2.52. The Morgan fingerprint density at radius 3 is 0.865 bits per heavy atom. The molecule has 0 aliphatic carbocycles. The smallest absolute Gasteiger partial charge is 0.276 e. The topological polar surface area (TPSA) is 363 Å². The second-order valence-corrected chi connectivity index (χ2v) is 40.0. The number of aromatic nitrogens is 9. The lowest BCUT2D eigenvalue weighted by molar-refractivity contribution is -0.131. The van der Waals surface area contributed by atoms with Gasteiger partial charge in [0.15, 0.2) is 17.5 Å². The maximum Gasteiger partial charge on any atom is 0.276 e. The van der Waals surface area contributed by atoms with E-state index in [4.69, 9.17) is 171 Å². The SMILES string of the molecule is C=CC(=O)N1[C@H](C)CN(c2c(C#N)c(=O)n(-c3c(C)ccnc3C(C)C)c3nc(-c4c(N)c(Cl)c(Cl)c(Cl)c4F)c(Cl)cc23)C[C@@H]1C.C=CC(=O)N1[C@H](C)CN(c2c(C#N)c(=O)n(-c3c(C)ccnc3C(C)C)c3nc(-c4c(N)c(Cl)c(F)c(Cl)c4Cl)c(Cl)cc23)C[C@@H]1C.C=CC(=O)N1[C@H](C)CN(c2c(C#N)c(=O)n(-c3c(C)ccnc3C(C)C)c3nc(-c4c(N)c(Cl)c(F)c(Cl)c4Cl)c(Cl)cc23)C[C@@H]1C. The average Bonchev–Trinajstić information content (AvgIpc) is 0.725. The van der Waals surface area contributed by atoms with Gasteiger partial charge >= 0.3 is 0 Å². The molecule has 0 bridgehead atoms. The minimum atomic E-state index is -1.00. The van der Waals surface area contributed by atoms with Gasteiger partial charge in [0, 0.05) is 121 Å². The summed E-state index contributed by atoms with van der Waals surface area (Å²) >= 11 is 77.1. The molecule has 42 heteroatoms. The first-order valence-electron chi connectivity index (χ1n) is 43.9. The van der Waals surface area contributed by atoms with E-state index in [1.54, 1.807) is 63.6 Å². The van der Waals surface area contributed by atoms with Gasteiger partial charge < -0.3 is 46.6 Å². The maximum atomic E-state index is 15.8. The molecule has 0 radical (unpaired) electrons. The van der Waals surface area contributed by atoms with E-state index in [-0.39, 0.29) is 210 Å². The van der Waals surface area contributed by atoms with Crippen LogP contribution in [0.1, 0.15) is 151 Å². The van der Waals surface area contributed by atoms with Crippen molar-refractivity contribution in [2.45, 2.75) is 158 Å². The molecule has 0 spiro atoms. The van der Waals surface area contributed by atoms with Crippen LogP contribution in [0.15, 0.2) is 107 Å². The van der Waals surface area contributed by atoms with Crippen LogP contribution in [0, 0.1) is 72.2 Å². The number of hydrogen-bond acceptors (Lipinski definition) is 21. The Morgan fingerprint density at radius 2 is 0.624 bits per heavy atom. The number of carbonyl (C=O) groups is 3. The van der Waals surface area contributed by atoms with Crippen molar-refractivity contribution in [1.29, 1.82) is 15.8 Å². The minimum absolute atomic E-state index is 0.00921. The van der Waals surface area contributed by atoms with Crippen molar-refractivity contribution in [1.82, 2.24) is 58.3 Å². The van der Waals surface area contributed by atoms with Gasteiger partial charge in [0.1, 0.15) is 61.9 Å². The molecule has 3 amide bonds. The molecule has 3 aromatic carbocycles. The standard InChI is InChI=1S/3C33H30Cl4FN7O2/c1-7-21(46)44-16(5)12-43(13-17(44)6)31-18-10-20(34)29(22-26(38)24(36)23(35)25(37)27(22)40)42-32(18)45(33(47)19(31)11-39)30-15(4)8-9-41-28(30)14(2)3;2*1-7-21(46)44-16(5)12-43(13-17(44)6)31-18-10-20(34)29(22-23(35)24(36)26(38)25(37)27(22)40)42-32(18)45(33(47)19(31)11-39)30-15(4)8-9-41-28(30)14(2)3/h3*7-10,14,16-17H,1,12-13,40H2,2-6H3/t3*16-,17+. The van der Waals surface area contributed by atoms with Gasteiger partial charge in [-0.15, -0.1) is 0 Å². The summed E-state index contributed by atoms with van der Waals surface area (Å²) in [6.45, 7) is 40.9. The Hall–Kier alpha value is -11.6. The van der Waals surface area contributed by atoms with Gasteiger partial charge in [-0.05, 0) is 151 Å². The Balaban J connectivity index is 0.000000178. The molecule has 12 heterocycles. The number of hydrogen-bond donors (Lipinski definition) is 3. The van der Waals surface area contributed by atoms with E-state index in [9.17, 15) is 53.3 Å². The zero-order valence-electron chi connectivity index (χ0n) is 78.4. The number of anilines is 6. The number of nitrogens with two attached hydrogens (primary N) is 3. The Bertz CT molecular complexity index is 6860. The highest BCUT2D eigenvalue weighted by molar-refractivity contribution is 6.51. The van der Waals surface area contributed by atoms with Crippen LogP contribution in [-0.2, 0) is 14.4 Å². The van der Waals surface area contributed by atoms with Gasteiger partial charge in [-0.25, -0.2) is 28.1 Å². The predicted octanol–water partition coefficient (Wildman–Crippen LogP) is 23.1. The van der Waals surface area contributed by atoms with E-state index >= 15 is 4.39 Å². The van der Waals surface area contributed by atoms with Crippen molar-refractivity contribution in [2.75, 3.05) is 71.2 Å². The number of benzene rings is 3. The molecule has 141 heavy (non-hydrogen) atoms. The van der Waals surface area contributed by atoms with Crippen LogP contribution in [0.4, 0.5) is 47.3 Å². The third-order valence-corrected chi connectivity index (χ3v) is 29.5. The van der Waals surface area contributed by atoms with Gasteiger partial charge in [0.2, 0.25) is 17.7 Å². The molecule has 12 aromatic rings. The monoisotopic (exact) mass is 2150 g/mol. The highest BCUT2D eigenvalue weighted by atomic mass is 35.5. The number of carbonyl (C=O) groups excluding carboxylic acids is 3. The van der Waals surface area contributed by atoms with Crippen molar-refractivity contribution < 1.29 is 27.6 Å². The lowest BCUT2D eigenvalue weighted by Gasteiger charge is -2.45. The number of rotatable bonds is 15. The van der Waals surface area contributed by atoms with Crippen molar-refractivity contribution in [3.63, 3.8) is 0 Å². The lowest BCUT2D eigenvalue weighted by atomic mass is 10.0. The summed E-state index contributed by atoms with van der Waals surface area (Å²) < 4.78 is 49.2. The van der Waals surface area contributed by atoms with Gasteiger partial charge in [0.05, 0.1) is 141 Å². The summed E-state index contributed by atoms with van der Waals surface area (Å²) in [4.78, 5) is 121. The maximum absolute atomic E-state index is 15.8. The number of halogens is 15. The van der Waals surface area contributed by atoms with Gasteiger partial charge in [-0.1, -0.05) is 200 Å². The number of fused-ring (bicyclic) bond motifs is 3. The zero-order valence-corrected chi connectivity index (χ0v) is 87.5. The quantitative estimate of drug-likeness (QED) is 0.0371. The molecule has 732 valence electrons. The van der Waals surface area contributed by atoms with Crippen LogP contribution in [0.3, 0.4) is 0 Å². The Kier molecular flexibility index (Phi) is 31.9. The zero-order chi connectivity index (χ0) is 104. The van der Waals surface area contributed by atoms with Crippen molar-refractivity contribution in [3.05, 3.63) is 252 Å². The second kappa shape index (κ2) is 42.1. The summed E-state index contributed by atoms with van der Waals surface area (Å²) in [6, 6.07) is 14.4. The third kappa shape index (κ3) is 18.8. The number of nitrogen functional groups attached to an aromatic ring is 3. The first kappa shape index (κ1) is 107. The van der Waals surface area contributed by atoms with E-state index in [1.807, 2.05) is 119 Å². The molecule has 6 atom stereocenters. The molecular weight excluding hydrogens is 2060 g/mol. The van der Waals surface area contributed by atoms with E-state index in [0.717, 1.165) is 0 Å². The molecule has 0 saturated carbocycles. The van der Waals surface area contributed by atoms with Crippen molar-refractivity contribution in [3.8, 4) is 69.0 Å².